The molecule has 1 fully saturated rings. The summed E-state index contributed by atoms with van der Waals surface area (Å²) < 4.78 is 0. The van der Waals surface area contributed by atoms with Crippen LogP contribution in [0.15, 0.2) is 0 Å². The van der Waals surface area contributed by atoms with Crippen molar-refractivity contribution in [3.05, 3.63) is 0 Å². The molecule has 1 aliphatic heterocycles. The van der Waals surface area contributed by atoms with E-state index in [2.05, 4.69) is 37.9 Å². The van der Waals surface area contributed by atoms with Crippen molar-refractivity contribution in [1.29, 1.82) is 0 Å². The summed E-state index contributed by atoms with van der Waals surface area (Å²) in [7, 11) is 0. The van der Waals surface area contributed by atoms with Crippen molar-refractivity contribution in [2.24, 2.45) is 5.41 Å². The van der Waals surface area contributed by atoms with Crippen molar-refractivity contribution < 1.29 is 5.11 Å². The van der Waals surface area contributed by atoms with Crippen molar-refractivity contribution in [3.8, 4) is 0 Å². The van der Waals surface area contributed by atoms with Gasteiger partial charge in [0.15, 0.2) is 0 Å². The minimum atomic E-state index is -0.229. The number of nitrogens with zero attached hydrogens (tertiary/aromatic N) is 1. The van der Waals surface area contributed by atoms with Gasteiger partial charge in [-0.1, -0.05) is 20.8 Å². The number of aliphatic hydroxyl groups excluding tert-OH is 1. The van der Waals surface area contributed by atoms with Crippen LogP contribution in [0.5, 0.6) is 0 Å². The second-order valence-electron chi connectivity index (χ2n) is 5.50. The lowest BCUT2D eigenvalue weighted by Crippen LogP contribution is -2.52. The van der Waals surface area contributed by atoms with E-state index in [-0.39, 0.29) is 11.5 Å². The van der Waals surface area contributed by atoms with E-state index < -0.39 is 0 Å². The minimum absolute atomic E-state index is 0.00584. The highest BCUT2D eigenvalue weighted by molar-refractivity contribution is 4.81. The fourth-order valence-corrected chi connectivity index (χ4v) is 1.70. The molecule has 14 heavy (non-hydrogen) atoms. The predicted octanol–water partition coefficient (Wildman–Crippen LogP) is 0.687. The van der Waals surface area contributed by atoms with Gasteiger partial charge in [-0.3, -0.25) is 4.90 Å². The van der Waals surface area contributed by atoms with E-state index in [0.717, 1.165) is 26.2 Å². The molecule has 0 bridgehead atoms. The van der Waals surface area contributed by atoms with E-state index in [9.17, 15) is 5.11 Å². The lowest BCUT2D eigenvalue weighted by atomic mass is 9.88. The van der Waals surface area contributed by atoms with Crippen LogP contribution < -0.4 is 5.32 Å². The molecule has 0 spiro atoms. The van der Waals surface area contributed by atoms with Gasteiger partial charge in [-0.05, 0) is 12.3 Å². The number of hydrogen-bond donors (Lipinski definition) is 2. The third-order valence-electron chi connectivity index (χ3n) is 2.88. The molecule has 0 radical (unpaired) electrons. The molecule has 0 saturated carbocycles. The predicted molar refractivity (Wildman–Crippen MR) is 59.4 cm³/mol. The molecule has 0 aliphatic carbocycles. The lowest BCUT2D eigenvalue weighted by molar-refractivity contribution is 0.0216. The van der Waals surface area contributed by atoms with Crippen molar-refractivity contribution in [1.82, 2.24) is 10.2 Å². The molecule has 1 rings (SSSR count). The summed E-state index contributed by atoms with van der Waals surface area (Å²) in [5.74, 6) is 0. The minimum Gasteiger partial charge on any atom is -0.391 e. The van der Waals surface area contributed by atoms with Gasteiger partial charge < -0.3 is 10.4 Å². The van der Waals surface area contributed by atoms with Gasteiger partial charge >= 0.3 is 0 Å². The average molecular weight is 200 g/mol. The highest BCUT2D eigenvalue weighted by Gasteiger charge is 2.26. The molecular weight excluding hydrogens is 176 g/mol. The molecule has 2 atom stereocenters. The topological polar surface area (TPSA) is 35.5 Å². The number of aliphatic hydroxyl groups is 1. The molecule has 1 aliphatic rings. The van der Waals surface area contributed by atoms with E-state index in [1.54, 1.807) is 0 Å². The Hall–Kier alpha value is -0.120. The number of rotatable bonds is 2. The van der Waals surface area contributed by atoms with Crippen molar-refractivity contribution in [2.45, 2.75) is 39.8 Å². The quantitative estimate of drug-likeness (QED) is 0.688. The standard InChI is InChI=1S/C11H24N2O/c1-9-7-13(6-5-12-9)8-10(14)11(2,3)4/h9-10,12,14H,5-8H2,1-4H3/t9-,10?/m1/s1. The fourth-order valence-electron chi connectivity index (χ4n) is 1.70. The van der Waals surface area contributed by atoms with E-state index in [0.29, 0.717) is 6.04 Å². The van der Waals surface area contributed by atoms with E-state index in [1.165, 1.54) is 0 Å². The highest BCUT2D eigenvalue weighted by atomic mass is 16.3. The van der Waals surface area contributed by atoms with Crippen LogP contribution in [0, 0.1) is 5.41 Å². The van der Waals surface area contributed by atoms with Crippen molar-refractivity contribution in [3.63, 3.8) is 0 Å². The van der Waals surface area contributed by atoms with Gasteiger partial charge in [-0.15, -0.1) is 0 Å². The van der Waals surface area contributed by atoms with Crippen LogP contribution in [0.1, 0.15) is 27.7 Å². The summed E-state index contributed by atoms with van der Waals surface area (Å²) in [5.41, 5.74) is -0.00584. The van der Waals surface area contributed by atoms with Gasteiger partial charge in [0.2, 0.25) is 0 Å². The molecule has 0 aromatic carbocycles. The number of nitrogens with one attached hydrogen (secondary N) is 1. The first-order valence-corrected chi connectivity index (χ1v) is 5.53. The molecule has 84 valence electrons. The Balaban J connectivity index is 2.36. The van der Waals surface area contributed by atoms with Crippen LogP contribution in [-0.2, 0) is 0 Å². The van der Waals surface area contributed by atoms with E-state index in [1.807, 2.05) is 0 Å². The maximum Gasteiger partial charge on any atom is 0.0715 e. The summed E-state index contributed by atoms with van der Waals surface area (Å²) in [4.78, 5) is 2.34. The van der Waals surface area contributed by atoms with Gasteiger partial charge in [0.25, 0.3) is 0 Å². The Morgan fingerprint density at radius 3 is 2.64 bits per heavy atom. The normalized spacial score (nSPS) is 27.6. The maximum atomic E-state index is 9.96. The van der Waals surface area contributed by atoms with Gasteiger partial charge in [-0.25, -0.2) is 0 Å². The van der Waals surface area contributed by atoms with Crippen LogP contribution in [0.3, 0.4) is 0 Å². The van der Waals surface area contributed by atoms with E-state index in [4.69, 9.17) is 0 Å². The maximum absolute atomic E-state index is 9.96. The zero-order chi connectivity index (χ0) is 10.8. The number of hydrogen-bond acceptors (Lipinski definition) is 3. The highest BCUT2D eigenvalue weighted by Crippen LogP contribution is 2.20. The summed E-state index contributed by atoms with van der Waals surface area (Å²) in [5, 5.41) is 13.4. The zero-order valence-corrected chi connectivity index (χ0v) is 9.88. The molecule has 1 saturated heterocycles. The second kappa shape index (κ2) is 4.60. The molecule has 1 heterocycles. The largest absolute Gasteiger partial charge is 0.391 e. The average Bonchev–Trinajstić information content (AvgIpc) is 2.02. The Morgan fingerprint density at radius 1 is 1.50 bits per heavy atom. The third kappa shape index (κ3) is 3.56. The summed E-state index contributed by atoms with van der Waals surface area (Å²) in [6.45, 7) is 12.4. The molecule has 0 aromatic heterocycles. The lowest BCUT2D eigenvalue weighted by Gasteiger charge is -2.36. The van der Waals surface area contributed by atoms with Gasteiger partial charge in [0, 0.05) is 32.2 Å². The second-order valence-corrected chi connectivity index (χ2v) is 5.50. The Bertz CT molecular complexity index is 177. The van der Waals surface area contributed by atoms with Gasteiger partial charge in [0.1, 0.15) is 0 Å². The Kier molecular flexibility index (Phi) is 3.93. The Labute approximate surface area is 87.5 Å². The molecule has 1 unspecified atom stereocenters. The van der Waals surface area contributed by atoms with Crippen molar-refractivity contribution >= 4 is 0 Å². The van der Waals surface area contributed by atoms with Crippen LogP contribution in [0.25, 0.3) is 0 Å². The number of β-amino-alcohol motifs (C(OH)–C–C–N with tert-alkyl or cyclic N) is 1. The van der Waals surface area contributed by atoms with Crippen molar-refractivity contribution in [2.75, 3.05) is 26.2 Å². The Morgan fingerprint density at radius 2 is 2.14 bits per heavy atom. The summed E-state index contributed by atoms with van der Waals surface area (Å²) in [6, 6.07) is 0.552. The molecule has 2 N–H and O–H groups in total. The van der Waals surface area contributed by atoms with E-state index >= 15 is 0 Å². The SMILES string of the molecule is C[C@@H]1CN(CC(O)C(C)(C)C)CCN1. The summed E-state index contributed by atoms with van der Waals surface area (Å²) in [6.07, 6.45) is -0.229. The zero-order valence-electron chi connectivity index (χ0n) is 9.88. The first-order chi connectivity index (χ1) is 6.39. The van der Waals surface area contributed by atoms with Crippen LogP contribution >= 0.6 is 0 Å². The molecule has 0 aromatic rings. The number of piperazine rings is 1. The third-order valence-corrected chi connectivity index (χ3v) is 2.88. The molecule has 3 heteroatoms. The molecule has 3 nitrogen and oxygen atoms in total. The van der Waals surface area contributed by atoms with Gasteiger partial charge in [-0.2, -0.15) is 0 Å². The fraction of sp³-hybridized carbons (Fsp3) is 1.00. The van der Waals surface area contributed by atoms with Gasteiger partial charge in [0.05, 0.1) is 6.10 Å². The van der Waals surface area contributed by atoms with Crippen LogP contribution in [-0.4, -0.2) is 48.3 Å². The molecular formula is C11H24N2O. The van der Waals surface area contributed by atoms with Crippen LogP contribution in [0.4, 0.5) is 0 Å². The monoisotopic (exact) mass is 200 g/mol. The van der Waals surface area contributed by atoms with Crippen LogP contribution in [0.2, 0.25) is 0 Å². The summed E-state index contributed by atoms with van der Waals surface area (Å²) >= 11 is 0. The molecule has 0 amide bonds. The smallest absolute Gasteiger partial charge is 0.0715 e. The first kappa shape index (κ1) is 12.0. The first-order valence-electron chi connectivity index (χ1n) is 5.53.